The number of unbranched alkanes of at least 4 members (excludes halogenated alkanes) is 2. The molecule has 3 rings (SSSR count). The summed E-state index contributed by atoms with van der Waals surface area (Å²) >= 11 is 0. The Labute approximate surface area is 217 Å². The average molecular weight is 516 g/mol. The second-order valence-electron chi connectivity index (χ2n) is 10.5. The molecule has 0 aliphatic carbocycles. The Morgan fingerprint density at radius 3 is 2.49 bits per heavy atom. The summed E-state index contributed by atoms with van der Waals surface area (Å²) in [6.45, 7) is 7.26. The Balaban J connectivity index is 1.39. The lowest BCUT2D eigenvalue weighted by molar-refractivity contribution is -0.136. The molecule has 202 valence electrons. The van der Waals surface area contributed by atoms with Crippen LogP contribution in [0.4, 0.5) is 4.79 Å². The lowest BCUT2D eigenvalue weighted by Gasteiger charge is -2.27. The van der Waals surface area contributed by atoms with Crippen LogP contribution in [0.5, 0.6) is 0 Å². The molecular weight excluding hydrogens is 478 g/mol. The number of carbonyl (C=O) groups excluding carboxylic acids is 5. The van der Waals surface area contributed by atoms with Crippen LogP contribution in [0.15, 0.2) is 18.2 Å². The van der Waals surface area contributed by atoms with Gasteiger partial charge in [0.05, 0.1) is 11.1 Å². The van der Waals surface area contributed by atoms with E-state index in [0.29, 0.717) is 43.7 Å². The maximum Gasteiger partial charge on any atom is 0.410 e. The number of ether oxygens (including phenoxy) is 2. The molecule has 0 spiro atoms. The van der Waals surface area contributed by atoms with Crippen LogP contribution in [0.3, 0.4) is 0 Å². The Morgan fingerprint density at radius 2 is 1.78 bits per heavy atom. The van der Waals surface area contributed by atoms with E-state index in [1.165, 1.54) is 0 Å². The van der Waals surface area contributed by atoms with Gasteiger partial charge in [0.1, 0.15) is 11.6 Å². The van der Waals surface area contributed by atoms with E-state index in [9.17, 15) is 24.0 Å². The number of rotatable bonds is 11. The monoisotopic (exact) mass is 515 g/mol. The fourth-order valence-corrected chi connectivity index (χ4v) is 4.42. The minimum atomic E-state index is -0.967. The summed E-state index contributed by atoms with van der Waals surface area (Å²) in [5.41, 5.74) is 0.879. The molecule has 1 unspecified atom stereocenters. The van der Waals surface area contributed by atoms with Gasteiger partial charge < -0.3 is 14.4 Å². The zero-order chi connectivity index (χ0) is 27.2. The third-order valence-electron chi connectivity index (χ3n) is 6.28. The van der Waals surface area contributed by atoms with Gasteiger partial charge in [0.15, 0.2) is 0 Å². The van der Waals surface area contributed by atoms with Gasteiger partial charge in [-0.1, -0.05) is 12.1 Å². The molecule has 1 saturated heterocycles. The van der Waals surface area contributed by atoms with E-state index in [-0.39, 0.29) is 18.9 Å². The number of hydrogen-bond donors (Lipinski definition) is 1. The first-order valence-electron chi connectivity index (χ1n) is 12.8. The van der Waals surface area contributed by atoms with Crippen LogP contribution in [-0.4, -0.2) is 78.0 Å². The molecule has 0 bridgehead atoms. The smallest absolute Gasteiger partial charge is 0.410 e. The number of aryl methyl sites for hydroxylation is 1. The van der Waals surface area contributed by atoms with Crippen molar-refractivity contribution in [3.63, 3.8) is 0 Å². The van der Waals surface area contributed by atoms with Crippen molar-refractivity contribution in [3.8, 4) is 0 Å². The van der Waals surface area contributed by atoms with Crippen LogP contribution in [-0.2, 0) is 25.5 Å². The molecule has 0 radical (unpaired) electrons. The third-order valence-corrected chi connectivity index (χ3v) is 6.28. The molecule has 10 nitrogen and oxygen atoms in total. The Kier molecular flexibility index (Phi) is 9.42. The topological polar surface area (TPSA) is 122 Å². The predicted molar refractivity (Wildman–Crippen MR) is 135 cm³/mol. The zero-order valence-corrected chi connectivity index (χ0v) is 22.1. The van der Waals surface area contributed by atoms with Crippen molar-refractivity contribution in [2.75, 3.05) is 26.8 Å². The van der Waals surface area contributed by atoms with Gasteiger partial charge in [-0.05, 0) is 70.9 Å². The van der Waals surface area contributed by atoms with E-state index in [1.54, 1.807) is 24.1 Å². The van der Waals surface area contributed by atoms with Gasteiger partial charge in [0.2, 0.25) is 11.8 Å². The lowest BCUT2D eigenvalue weighted by Crippen LogP contribution is -2.54. The largest absolute Gasteiger partial charge is 0.444 e. The Bertz CT molecular complexity index is 1050. The van der Waals surface area contributed by atoms with Crippen molar-refractivity contribution >= 4 is 29.7 Å². The van der Waals surface area contributed by atoms with Gasteiger partial charge >= 0.3 is 6.09 Å². The highest BCUT2D eigenvalue weighted by molar-refractivity contribution is 6.24. The highest BCUT2D eigenvalue weighted by Crippen LogP contribution is 2.30. The first kappa shape index (κ1) is 28.3. The average Bonchev–Trinajstić information content (AvgIpc) is 3.07. The fourth-order valence-electron chi connectivity index (χ4n) is 4.42. The molecule has 1 aromatic carbocycles. The summed E-state index contributed by atoms with van der Waals surface area (Å²) < 4.78 is 11.1. The molecule has 2 aliphatic heterocycles. The summed E-state index contributed by atoms with van der Waals surface area (Å²) in [5.74, 6) is -1.99. The van der Waals surface area contributed by atoms with Crippen molar-refractivity contribution in [1.29, 1.82) is 0 Å². The summed E-state index contributed by atoms with van der Waals surface area (Å²) in [6, 6.07) is 4.19. The minimum Gasteiger partial charge on any atom is -0.444 e. The molecule has 1 atom stereocenters. The van der Waals surface area contributed by atoms with Crippen molar-refractivity contribution in [2.45, 2.75) is 77.4 Å². The standard InChI is InChI=1S/C27H37N3O7/c1-27(2,3)37-26(35)29(4)15-6-5-7-16-36-17-9-11-18-10-8-12-19-22(18)25(34)30(24(19)33)20-13-14-21(31)28-23(20)32/h8,10,12,20H,5-7,9,11,13-17H2,1-4H3,(H,28,31,32). The quantitative estimate of drug-likeness (QED) is 0.355. The SMILES string of the molecule is CN(CCCCCOCCCc1cccc2c1C(=O)N(C1CCC(=O)NC1=O)C2=O)C(=O)OC(C)(C)C. The van der Waals surface area contributed by atoms with E-state index < -0.39 is 35.3 Å². The summed E-state index contributed by atoms with van der Waals surface area (Å²) in [5, 5.41) is 2.21. The number of fused-ring (bicyclic) bond motifs is 1. The number of imide groups is 2. The number of amides is 5. The van der Waals surface area contributed by atoms with Crippen molar-refractivity contribution in [3.05, 3.63) is 34.9 Å². The number of benzene rings is 1. The molecule has 1 N–H and O–H groups in total. The highest BCUT2D eigenvalue weighted by atomic mass is 16.6. The highest BCUT2D eigenvalue weighted by Gasteiger charge is 2.45. The van der Waals surface area contributed by atoms with Crippen LogP contribution in [0.25, 0.3) is 0 Å². The molecule has 2 heterocycles. The Hall–Kier alpha value is -3.27. The normalized spacial score (nSPS) is 17.6. The van der Waals surface area contributed by atoms with Gasteiger partial charge in [-0.2, -0.15) is 0 Å². The first-order valence-corrected chi connectivity index (χ1v) is 12.8. The van der Waals surface area contributed by atoms with Crippen molar-refractivity contribution < 1.29 is 33.4 Å². The third kappa shape index (κ3) is 7.38. The zero-order valence-electron chi connectivity index (χ0n) is 22.1. The maximum absolute atomic E-state index is 13.1. The van der Waals surface area contributed by atoms with E-state index in [2.05, 4.69) is 5.32 Å². The molecule has 10 heteroatoms. The number of piperidine rings is 1. The number of nitrogens with zero attached hydrogens (tertiary/aromatic N) is 2. The molecule has 5 amide bonds. The first-order chi connectivity index (χ1) is 17.5. The molecule has 1 aromatic rings. The van der Waals surface area contributed by atoms with Crippen LogP contribution >= 0.6 is 0 Å². The van der Waals surface area contributed by atoms with E-state index >= 15 is 0 Å². The van der Waals surface area contributed by atoms with Gasteiger partial charge in [-0.25, -0.2) is 4.79 Å². The van der Waals surface area contributed by atoms with Crippen LogP contribution < -0.4 is 5.32 Å². The second kappa shape index (κ2) is 12.3. The summed E-state index contributed by atoms with van der Waals surface area (Å²) in [6.07, 6.45) is 3.80. The fraction of sp³-hybridized carbons (Fsp3) is 0.593. The molecule has 1 fully saturated rings. The molecule has 2 aliphatic rings. The minimum absolute atomic E-state index is 0.0917. The molecule has 37 heavy (non-hydrogen) atoms. The van der Waals surface area contributed by atoms with Crippen LogP contribution in [0.1, 0.15) is 85.6 Å². The van der Waals surface area contributed by atoms with Gasteiger partial charge in [0, 0.05) is 33.2 Å². The second-order valence-corrected chi connectivity index (χ2v) is 10.5. The van der Waals surface area contributed by atoms with Crippen molar-refractivity contribution in [2.24, 2.45) is 0 Å². The predicted octanol–water partition coefficient (Wildman–Crippen LogP) is 3.07. The number of hydrogen-bond acceptors (Lipinski definition) is 7. The van der Waals surface area contributed by atoms with Crippen LogP contribution in [0, 0.1) is 0 Å². The van der Waals surface area contributed by atoms with Gasteiger partial charge in [-0.15, -0.1) is 0 Å². The van der Waals surface area contributed by atoms with Gasteiger partial charge in [-0.3, -0.25) is 29.4 Å². The van der Waals surface area contributed by atoms with E-state index in [0.717, 1.165) is 29.7 Å². The molecular formula is C27H37N3O7. The van der Waals surface area contributed by atoms with E-state index in [4.69, 9.17) is 9.47 Å². The number of carbonyl (C=O) groups is 5. The van der Waals surface area contributed by atoms with Crippen molar-refractivity contribution in [1.82, 2.24) is 15.1 Å². The summed E-state index contributed by atoms with van der Waals surface area (Å²) in [7, 11) is 1.73. The maximum atomic E-state index is 13.1. The summed E-state index contributed by atoms with van der Waals surface area (Å²) in [4.78, 5) is 64.3. The Morgan fingerprint density at radius 1 is 1.05 bits per heavy atom. The number of nitrogens with one attached hydrogen (secondary N) is 1. The molecule has 0 aromatic heterocycles. The lowest BCUT2D eigenvalue weighted by atomic mass is 9.99. The van der Waals surface area contributed by atoms with Gasteiger partial charge in [0.25, 0.3) is 11.8 Å². The molecule has 0 saturated carbocycles. The van der Waals surface area contributed by atoms with Crippen LogP contribution in [0.2, 0.25) is 0 Å². The van der Waals surface area contributed by atoms with E-state index in [1.807, 2.05) is 26.8 Å².